The van der Waals surface area contributed by atoms with Gasteiger partial charge in [0.1, 0.15) is 5.75 Å². The number of para-hydroxylation sites is 1. The van der Waals surface area contributed by atoms with Gasteiger partial charge < -0.3 is 21.0 Å². The van der Waals surface area contributed by atoms with E-state index in [0.29, 0.717) is 22.9 Å². The van der Waals surface area contributed by atoms with E-state index in [0.717, 1.165) is 11.3 Å². The van der Waals surface area contributed by atoms with E-state index < -0.39 is 0 Å². The highest BCUT2D eigenvalue weighted by molar-refractivity contribution is 6.33. The zero-order valence-corrected chi connectivity index (χ0v) is 12.3. The monoisotopic (exact) mass is 305 g/mol. The lowest BCUT2D eigenvalue weighted by atomic mass is 10.1. The van der Waals surface area contributed by atoms with E-state index in [2.05, 4.69) is 10.5 Å². The number of anilines is 1. The van der Waals surface area contributed by atoms with Crippen molar-refractivity contribution in [2.75, 3.05) is 12.4 Å². The lowest BCUT2D eigenvalue weighted by Gasteiger charge is -2.13. The molecule has 0 saturated heterocycles. The van der Waals surface area contributed by atoms with Crippen molar-refractivity contribution >= 4 is 23.1 Å². The van der Waals surface area contributed by atoms with E-state index in [-0.39, 0.29) is 5.84 Å². The van der Waals surface area contributed by atoms with Gasteiger partial charge in [-0.1, -0.05) is 28.9 Å². The minimum Gasteiger partial charge on any atom is -0.496 e. The maximum atomic E-state index is 8.75. The zero-order valence-electron chi connectivity index (χ0n) is 11.5. The molecule has 0 amide bonds. The van der Waals surface area contributed by atoms with Crippen LogP contribution in [-0.2, 0) is 6.54 Å². The predicted molar refractivity (Wildman–Crippen MR) is 84.3 cm³/mol. The fraction of sp³-hybridized carbons (Fsp3) is 0.133. The number of rotatable bonds is 5. The molecular weight excluding hydrogens is 290 g/mol. The molecule has 0 aromatic heterocycles. The summed E-state index contributed by atoms with van der Waals surface area (Å²) >= 11 is 6.10. The van der Waals surface area contributed by atoms with Crippen LogP contribution in [0.4, 0.5) is 5.69 Å². The van der Waals surface area contributed by atoms with Crippen LogP contribution in [0.25, 0.3) is 0 Å². The summed E-state index contributed by atoms with van der Waals surface area (Å²) in [5.41, 5.74) is 7.93. The normalized spacial score (nSPS) is 11.2. The number of halogens is 1. The summed E-state index contributed by atoms with van der Waals surface area (Å²) in [6, 6.07) is 12.8. The van der Waals surface area contributed by atoms with Crippen molar-refractivity contribution in [1.82, 2.24) is 0 Å². The van der Waals surface area contributed by atoms with Gasteiger partial charge in [-0.15, -0.1) is 0 Å². The molecule has 0 radical (unpaired) electrons. The molecule has 2 aromatic rings. The number of oxime groups is 1. The summed E-state index contributed by atoms with van der Waals surface area (Å²) in [4.78, 5) is 0. The summed E-state index contributed by atoms with van der Waals surface area (Å²) in [6.45, 7) is 0.499. The number of amidine groups is 1. The fourth-order valence-corrected chi connectivity index (χ4v) is 2.13. The van der Waals surface area contributed by atoms with Gasteiger partial charge in [0.2, 0.25) is 0 Å². The number of nitrogens with zero attached hydrogens (tertiary/aromatic N) is 1. The smallest absolute Gasteiger partial charge is 0.170 e. The molecule has 4 N–H and O–H groups in total. The maximum absolute atomic E-state index is 8.75. The molecule has 2 rings (SSSR count). The van der Waals surface area contributed by atoms with Gasteiger partial charge in [-0.3, -0.25) is 0 Å². The second-order valence-electron chi connectivity index (χ2n) is 4.35. The molecule has 0 heterocycles. The molecule has 5 nitrogen and oxygen atoms in total. The lowest BCUT2D eigenvalue weighted by molar-refractivity contribution is 0.318. The third-order valence-electron chi connectivity index (χ3n) is 3.03. The van der Waals surface area contributed by atoms with Crippen LogP contribution in [0.15, 0.2) is 47.6 Å². The van der Waals surface area contributed by atoms with Gasteiger partial charge in [0.25, 0.3) is 0 Å². The number of hydrogen-bond acceptors (Lipinski definition) is 4. The number of ether oxygens (including phenoxy) is 1. The molecule has 0 atom stereocenters. The van der Waals surface area contributed by atoms with Crippen LogP contribution in [0.5, 0.6) is 5.75 Å². The Morgan fingerprint density at radius 2 is 2.10 bits per heavy atom. The van der Waals surface area contributed by atoms with Crippen LogP contribution in [0.2, 0.25) is 5.02 Å². The van der Waals surface area contributed by atoms with Crippen molar-refractivity contribution in [2.45, 2.75) is 6.54 Å². The van der Waals surface area contributed by atoms with E-state index in [9.17, 15) is 0 Å². The van der Waals surface area contributed by atoms with Gasteiger partial charge in [-0.05, 0) is 30.3 Å². The highest BCUT2D eigenvalue weighted by Crippen LogP contribution is 2.24. The number of benzene rings is 2. The summed E-state index contributed by atoms with van der Waals surface area (Å²) in [5, 5.41) is 15.6. The lowest BCUT2D eigenvalue weighted by Crippen LogP contribution is -2.14. The van der Waals surface area contributed by atoms with Crippen molar-refractivity contribution in [2.24, 2.45) is 10.9 Å². The first kappa shape index (κ1) is 15.0. The Labute approximate surface area is 128 Å². The van der Waals surface area contributed by atoms with E-state index in [4.69, 9.17) is 27.3 Å². The first-order valence-electron chi connectivity index (χ1n) is 6.29. The minimum absolute atomic E-state index is 0.0525. The SMILES string of the molecule is COc1ccc(/C(N)=N/O)cc1CNc1ccccc1Cl. The molecule has 0 saturated carbocycles. The maximum Gasteiger partial charge on any atom is 0.170 e. The molecule has 0 aliphatic heterocycles. The van der Waals surface area contributed by atoms with E-state index in [1.54, 1.807) is 25.3 Å². The molecule has 0 fully saturated rings. The molecule has 2 aromatic carbocycles. The van der Waals surface area contributed by atoms with Crippen molar-refractivity contribution in [3.05, 3.63) is 58.6 Å². The van der Waals surface area contributed by atoms with Crippen molar-refractivity contribution in [3.8, 4) is 5.75 Å². The average molecular weight is 306 g/mol. The second-order valence-corrected chi connectivity index (χ2v) is 4.75. The zero-order chi connectivity index (χ0) is 15.2. The first-order valence-corrected chi connectivity index (χ1v) is 6.66. The van der Waals surface area contributed by atoms with Gasteiger partial charge in [0.15, 0.2) is 5.84 Å². The van der Waals surface area contributed by atoms with Crippen molar-refractivity contribution < 1.29 is 9.94 Å². The molecular formula is C15H16ClN3O2. The van der Waals surface area contributed by atoms with Crippen LogP contribution in [-0.4, -0.2) is 18.2 Å². The summed E-state index contributed by atoms with van der Waals surface area (Å²) < 4.78 is 5.32. The van der Waals surface area contributed by atoms with Gasteiger partial charge in [-0.2, -0.15) is 0 Å². The topological polar surface area (TPSA) is 79.9 Å². The van der Waals surface area contributed by atoms with Crippen LogP contribution in [0, 0.1) is 0 Å². The number of nitrogens with one attached hydrogen (secondary N) is 1. The summed E-state index contributed by atoms with van der Waals surface area (Å²) in [6.07, 6.45) is 0. The van der Waals surface area contributed by atoms with Gasteiger partial charge in [-0.25, -0.2) is 0 Å². The average Bonchev–Trinajstić information content (AvgIpc) is 2.53. The van der Waals surface area contributed by atoms with Crippen molar-refractivity contribution in [1.29, 1.82) is 0 Å². The minimum atomic E-state index is 0.0525. The Hall–Kier alpha value is -2.40. The molecule has 21 heavy (non-hydrogen) atoms. The van der Waals surface area contributed by atoms with Crippen LogP contribution in [0.1, 0.15) is 11.1 Å². The molecule has 6 heteroatoms. The summed E-state index contributed by atoms with van der Waals surface area (Å²) in [5.74, 6) is 0.765. The first-order chi connectivity index (χ1) is 10.2. The molecule has 0 aliphatic rings. The van der Waals surface area contributed by atoms with Crippen molar-refractivity contribution in [3.63, 3.8) is 0 Å². The highest BCUT2D eigenvalue weighted by Gasteiger charge is 2.08. The number of hydrogen-bond donors (Lipinski definition) is 3. The Bertz CT molecular complexity index is 659. The molecule has 0 aliphatic carbocycles. The largest absolute Gasteiger partial charge is 0.496 e. The van der Waals surface area contributed by atoms with Crippen LogP contribution in [0.3, 0.4) is 0 Å². The van der Waals surface area contributed by atoms with E-state index >= 15 is 0 Å². The molecule has 0 bridgehead atoms. The second kappa shape index (κ2) is 6.85. The predicted octanol–water partition coefficient (Wildman–Crippen LogP) is 3.06. The quantitative estimate of drug-likeness (QED) is 0.343. The molecule has 0 unspecified atom stereocenters. The van der Waals surface area contributed by atoms with Gasteiger partial charge >= 0.3 is 0 Å². The van der Waals surface area contributed by atoms with Crippen LogP contribution < -0.4 is 15.8 Å². The van der Waals surface area contributed by atoms with Gasteiger partial charge in [0.05, 0.1) is 17.8 Å². The third-order valence-corrected chi connectivity index (χ3v) is 3.36. The molecule has 0 spiro atoms. The Kier molecular flexibility index (Phi) is 4.90. The Morgan fingerprint density at radius 1 is 1.33 bits per heavy atom. The van der Waals surface area contributed by atoms with E-state index in [1.165, 1.54) is 0 Å². The standard InChI is InChI=1S/C15H16ClN3O2/c1-21-14-7-6-10(15(17)19-20)8-11(14)9-18-13-5-3-2-4-12(13)16/h2-8,18,20H,9H2,1H3,(H2,17,19). The summed E-state index contributed by atoms with van der Waals surface area (Å²) in [7, 11) is 1.59. The highest BCUT2D eigenvalue weighted by atomic mass is 35.5. The van der Waals surface area contributed by atoms with E-state index in [1.807, 2.05) is 24.3 Å². The number of methoxy groups -OCH3 is 1. The van der Waals surface area contributed by atoms with Gasteiger partial charge in [0, 0.05) is 17.7 Å². The Morgan fingerprint density at radius 3 is 2.76 bits per heavy atom. The third kappa shape index (κ3) is 3.58. The molecule has 110 valence electrons. The number of nitrogens with two attached hydrogens (primary N) is 1. The Balaban J connectivity index is 2.24. The fourth-order valence-electron chi connectivity index (χ4n) is 1.93. The van der Waals surface area contributed by atoms with Crippen LogP contribution >= 0.6 is 11.6 Å².